The van der Waals surface area contributed by atoms with Crippen molar-refractivity contribution in [1.82, 2.24) is 5.32 Å². The molecule has 31 heavy (non-hydrogen) atoms. The first kappa shape index (κ1) is 22.4. The van der Waals surface area contributed by atoms with Gasteiger partial charge in [0.2, 0.25) is 0 Å². The molecule has 3 aromatic carbocycles. The zero-order chi connectivity index (χ0) is 22.6. The average molecular weight is 439 g/mol. The molecule has 0 spiro atoms. The summed E-state index contributed by atoms with van der Waals surface area (Å²) >= 11 is 0. The van der Waals surface area contributed by atoms with Gasteiger partial charge >= 0.3 is 0 Å². The zero-order valence-electron chi connectivity index (χ0n) is 18.0. The monoisotopic (exact) mass is 438 g/mol. The SMILES string of the molecule is COc1ccc(C)cc1C(C)NC(=O)c1ccc(S(=O)(=O)Nc2ccccc2C)cc1. The van der Waals surface area contributed by atoms with Crippen molar-refractivity contribution in [2.24, 2.45) is 0 Å². The minimum absolute atomic E-state index is 0.0840. The van der Waals surface area contributed by atoms with Crippen LogP contribution in [0.3, 0.4) is 0 Å². The summed E-state index contributed by atoms with van der Waals surface area (Å²) in [5.41, 5.74) is 3.64. The van der Waals surface area contributed by atoms with E-state index in [2.05, 4.69) is 10.0 Å². The van der Waals surface area contributed by atoms with Crippen LogP contribution in [0.4, 0.5) is 5.69 Å². The van der Waals surface area contributed by atoms with Crippen molar-refractivity contribution >= 4 is 21.6 Å². The van der Waals surface area contributed by atoms with Crippen LogP contribution >= 0.6 is 0 Å². The molecule has 0 radical (unpaired) electrons. The van der Waals surface area contributed by atoms with Gasteiger partial charge in [0.15, 0.2) is 0 Å². The molecule has 0 aromatic heterocycles. The molecule has 0 saturated carbocycles. The van der Waals surface area contributed by atoms with Crippen LogP contribution in [0.2, 0.25) is 0 Å². The van der Waals surface area contributed by atoms with Crippen LogP contribution in [0.1, 0.15) is 40.0 Å². The van der Waals surface area contributed by atoms with E-state index in [-0.39, 0.29) is 16.8 Å². The minimum Gasteiger partial charge on any atom is -0.496 e. The summed E-state index contributed by atoms with van der Waals surface area (Å²) in [6.45, 7) is 5.68. The summed E-state index contributed by atoms with van der Waals surface area (Å²) in [7, 11) is -2.17. The largest absolute Gasteiger partial charge is 0.496 e. The Bertz CT molecular complexity index is 1190. The van der Waals surface area contributed by atoms with Gasteiger partial charge in [-0.25, -0.2) is 8.42 Å². The molecule has 0 bridgehead atoms. The molecule has 0 aliphatic heterocycles. The van der Waals surface area contributed by atoms with Gasteiger partial charge in [0.25, 0.3) is 15.9 Å². The van der Waals surface area contributed by atoms with E-state index in [1.54, 1.807) is 19.2 Å². The highest BCUT2D eigenvalue weighted by Crippen LogP contribution is 2.26. The molecule has 162 valence electrons. The Morgan fingerprint density at radius 2 is 1.65 bits per heavy atom. The number of rotatable bonds is 7. The number of anilines is 1. The lowest BCUT2D eigenvalue weighted by Crippen LogP contribution is -2.27. The number of hydrogen-bond acceptors (Lipinski definition) is 4. The van der Waals surface area contributed by atoms with Crippen molar-refractivity contribution in [3.8, 4) is 5.75 Å². The Hall–Kier alpha value is -3.32. The van der Waals surface area contributed by atoms with Gasteiger partial charge in [-0.1, -0.05) is 35.9 Å². The summed E-state index contributed by atoms with van der Waals surface area (Å²) in [6, 6.07) is 18.5. The summed E-state index contributed by atoms with van der Waals surface area (Å²) < 4.78 is 33.3. The third-order valence-corrected chi connectivity index (χ3v) is 6.40. The number of para-hydroxylation sites is 1. The predicted molar refractivity (Wildman–Crippen MR) is 122 cm³/mol. The summed E-state index contributed by atoms with van der Waals surface area (Å²) in [5, 5.41) is 2.94. The molecule has 0 aliphatic carbocycles. The fourth-order valence-corrected chi connectivity index (χ4v) is 4.36. The van der Waals surface area contributed by atoms with Gasteiger partial charge in [0.1, 0.15) is 5.75 Å². The van der Waals surface area contributed by atoms with Crippen molar-refractivity contribution in [3.05, 3.63) is 89.0 Å². The second-order valence-corrected chi connectivity index (χ2v) is 9.07. The van der Waals surface area contributed by atoms with E-state index in [9.17, 15) is 13.2 Å². The van der Waals surface area contributed by atoms with Crippen LogP contribution in [-0.4, -0.2) is 21.4 Å². The van der Waals surface area contributed by atoms with Crippen LogP contribution in [-0.2, 0) is 10.0 Å². The molecule has 0 heterocycles. The number of methoxy groups -OCH3 is 1. The molecular formula is C24H26N2O4S. The number of hydrogen-bond donors (Lipinski definition) is 2. The lowest BCUT2D eigenvalue weighted by molar-refractivity contribution is 0.0939. The fourth-order valence-electron chi connectivity index (χ4n) is 3.23. The number of carbonyl (C=O) groups excluding carboxylic acids is 1. The summed E-state index contributed by atoms with van der Waals surface area (Å²) in [6.07, 6.45) is 0. The van der Waals surface area contributed by atoms with Gasteiger partial charge in [-0.2, -0.15) is 0 Å². The smallest absolute Gasteiger partial charge is 0.261 e. The molecular weight excluding hydrogens is 412 g/mol. The topological polar surface area (TPSA) is 84.5 Å². The Labute approximate surface area is 183 Å². The number of carbonyl (C=O) groups is 1. The van der Waals surface area contributed by atoms with E-state index >= 15 is 0 Å². The Morgan fingerprint density at radius 1 is 0.968 bits per heavy atom. The number of ether oxygens (including phenoxy) is 1. The van der Waals surface area contributed by atoms with Crippen LogP contribution in [0, 0.1) is 13.8 Å². The Balaban J connectivity index is 1.74. The first-order valence-electron chi connectivity index (χ1n) is 9.85. The van der Waals surface area contributed by atoms with E-state index in [4.69, 9.17) is 4.74 Å². The van der Waals surface area contributed by atoms with Gasteiger partial charge in [-0.05, 0) is 62.7 Å². The molecule has 0 aliphatic rings. The molecule has 1 amide bonds. The molecule has 3 rings (SSSR count). The first-order valence-corrected chi connectivity index (χ1v) is 11.3. The van der Waals surface area contributed by atoms with Gasteiger partial charge < -0.3 is 10.1 Å². The third-order valence-electron chi connectivity index (χ3n) is 5.02. The maximum absolute atomic E-state index is 12.7. The molecule has 2 N–H and O–H groups in total. The number of benzene rings is 3. The van der Waals surface area contributed by atoms with Gasteiger partial charge in [-0.15, -0.1) is 0 Å². The van der Waals surface area contributed by atoms with Crippen molar-refractivity contribution in [3.63, 3.8) is 0 Å². The lowest BCUT2D eigenvalue weighted by Gasteiger charge is -2.18. The van der Waals surface area contributed by atoms with Gasteiger partial charge in [0, 0.05) is 11.1 Å². The quantitative estimate of drug-likeness (QED) is 0.564. The normalized spacial score (nSPS) is 12.1. The van der Waals surface area contributed by atoms with Crippen LogP contribution < -0.4 is 14.8 Å². The maximum atomic E-state index is 12.7. The summed E-state index contributed by atoms with van der Waals surface area (Å²) in [4.78, 5) is 12.8. The molecule has 1 atom stereocenters. The molecule has 0 saturated heterocycles. The highest BCUT2D eigenvalue weighted by atomic mass is 32.2. The predicted octanol–water partition coefficient (Wildman–Crippen LogP) is 4.60. The van der Waals surface area contributed by atoms with Crippen molar-refractivity contribution in [1.29, 1.82) is 0 Å². The fraction of sp³-hybridized carbons (Fsp3) is 0.208. The van der Waals surface area contributed by atoms with E-state index in [0.29, 0.717) is 17.0 Å². The van der Waals surface area contributed by atoms with Crippen LogP contribution in [0.5, 0.6) is 5.75 Å². The number of aryl methyl sites for hydroxylation is 2. The molecule has 7 heteroatoms. The highest BCUT2D eigenvalue weighted by molar-refractivity contribution is 7.92. The Kier molecular flexibility index (Phi) is 6.65. The van der Waals surface area contributed by atoms with Gasteiger partial charge in [0.05, 0.1) is 23.7 Å². The molecule has 0 fully saturated rings. The first-order chi connectivity index (χ1) is 14.7. The summed E-state index contributed by atoms with van der Waals surface area (Å²) in [5.74, 6) is 0.397. The maximum Gasteiger partial charge on any atom is 0.261 e. The minimum atomic E-state index is -3.76. The number of amides is 1. The standard InChI is InChI=1S/C24H26N2O4S/c1-16-9-14-23(30-4)21(15-16)18(3)25-24(27)19-10-12-20(13-11-19)31(28,29)26-22-8-6-5-7-17(22)2/h5-15,18,26H,1-4H3,(H,25,27). The van der Waals surface area contributed by atoms with Crippen molar-refractivity contribution < 1.29 is 17.9 Å². The van der Waals surface area contributed by atoms with Crippen molar-refractivity contribution in [2.45, 2.75) is 31.7 Å². The Morgan fingerprint density at radius 3 is 2.29 bits per heavy atom. The van der Waals surface area contributed by atoms with Crippen LogP contribution in [0.25, 0.3) is 0 Å². The lowest BCUT2D eigenvalue weighted by atomic mass is 10.0. The average Bonchev–Trinajstić information content (AvgIpc) is 2.75. The zero-order valence-corrected chi connectivity index (χ0v) is 18.8. The van der Waals surface area contributed by atoms with E-state index in [0.717, 1.165) is 16.7 Å². The van der Waals surface area contributed by atoms with Crippen LogP contribution in [0.15, 0.2) is 71.6 Å². The second-order valence-electron chi connectivity index (χ2n) is 7.39. The molecule has 3 aromatic rings. The third kappa shape index (κ3) is 5.24. The number of nitrogens with one attached hydrogen (secondary N) is 2. The van der Waals surface area contributed by atoms with E-state index < -0.39 is 10.0 Å². The molecule has 6 nitrogen and oxygen atoms in total. The second kappa shape index (κ2) is 9.22. The highest BCUT2D eigenvalue weighted by Gasteiger charge is 2.18. The van der Waals surface area contributed by atoms with E-state index in [1.807, 2.05) is 51.1 Å². The molecule has 1 unspecified atom stereocenters. The van der Waals surface area contributed by atoms with Crippen molar-refractivity contribution in [2.75, 3.05) is 11.8 Å². The van der Waals surface area contributed by atoms with E-state index in [1.165, 1.54) is 24.3 Å². The van der Waals surface area contributed by atoms with Gasteiger partial charge in [-0.3, -0.25) is 9.52 Å². The number of sulfonamides is 1.